The van der Waals surface area contributed by atoms with Crippen LogP contribution in [0.2, 0.25) is 0 Å². The van der Waals surface area contributed by atoms with E-state index in [0.717, 1.165) is 5.56 Å². The van der Waals surface area contributed by atoms with Gasteiger partial charge in [0.1, 0.15) is 5.75 Å². The Balaban J connectivity index is 2.14. The third-order valence-electron chi connectivity index (χ3n) is 3.16. The van der Waals surface area contributed by atoms with E-state index in [1.807, 2.05) is 0 Å². The van der Waals surface area contributed by atoms with Crippen LogP contribution in [-0.2, 0) is 21.7 Å². The second-order valence-corrected chi connectivity index (χ2v) is 8.83. The van der Waals surface area contributed by atoms with Gasteiger partial charge in [0.05, 0.1) is 16.6 Å². The van der Waals surface area contributed by atoms with Crippen molar-refractivity contribution in [3.8, 4) is 11.3 Å². The minimum absolute atomic E-state index is 0.0560. The molecule has 0 atom stereocenters. The number of rotatable bonds is 4. The van der Waals surface area contributed by atoms with Crippen LogP contribution in [0.4, 0.5) is 5.95 Å². The molecule has 2 rings (SSSR count). The number of carbonyl (C=O) groups is 1. The molecule has 0 bridgehead atoms. The molecule has 2 aromatic rings. The van der Waals surface area contributed by atoms with Crippen molar-refractivity contribution >= 4 is 21.7 Å². The summed E-state index contributed by atoms with van der Waals surface area (Å²) in [6.07, 6.45) is 4.90. The first-order valence-electron chi connectivity index (χ1n) is 6.93. The highest BCUT2D eigenvalue weighted by molar-refractivity contribution is 7.93. The fourth-order valence-corrected chi connectivity index (χ4v) is 2.53. The van der Waals surface area contributed by atoms with Gasteiger partial charge in [0.15, 0.2) is 9.84 Å². The molecule has 0 aliphatic heterocycles. The van der Waals surface area contributed by atoms with Crippen molar-refractivity contribution in [1.29, 1.82) is 0 Å². The largest absolute Gasteiger partial charge is 0.294 e. The Morgan fingerprint density at radius 3 is 2.61 bits per heavy atom. The number of aromatic nitrogens is 4. The van der Waals surface area contributed by atoms with E-state index in [0.29, 0.717) is 5.69 Å². The van der Waals surface area contributed by atoms with Crippen LogP contribution in [0.5, 0.6) is 0 Å². The number of anilines is 1. The van der Waals surface area contributed by atoms with Gasteiger partial charge in [-0.1, -0.05) is 0 Å². The van der Waals surface area contributed by atoms with Gasteiger partial charge >= 0.3 is 0 Å². The van der Waals surface area contributed by atoms with Gasteiger partial charge in [-0.05, 0) is 26.8 Å². The van der Waals surface area contributed by atoms with E-state index >= 15 is 0 Å². The van der Waals surface area contributed by atoms with Crippen molar-refractivity contribution < 1.29 is 13.2 Å². The van der Waals surface area contributed by atoms with Crippen LogP contribution in [-0.4, -0.2) is 44.6 Å². The summed E-state index contributed by atoms with van der Waals surface area (Å²) in [6, 6.07) is 1.68. The zero-order valence-corrected chi connectivity index (χ0v) is 14.3. The number of sulfone groups is 1. The summed E-state index contributed by atoms with van der Waals surface area (Å²) >= 11 is 0. The molecule has 0 spiro atoms. The van der Waals surface area contributed by atoms with Gasteiger partial charge in [-0.3, -0.25) is 14.8 Å². The first kappa shape index (κ1) is 17.1. The second-order valence-electron chi connectivity index (χ2n) is 6.09. The molecule has 1 amide bonds. The van der Waals surface area contributed by atoms with E-state index in [9.17, 15) is 13.2 Å². The highest BCUT2D eigenvalue weighted by Gasteiger charge is 2.31. The average molecular weight is 337 g/mol. The standard InChI is InChI=1S/C14H19N5O3S/c1-14(2,3)23(21,22)9-12(20)18-13-15-6-5-11(17-13)10-7-16-19(4)8-10/h5-8H,9H2,1-4H3,(H,15,17,18,20). The molecule has 2 aromatic heterocycles. The van der Waals surface area contributed by atoms with Crippen molar-refractivity contribution in [3.63, 3.8) is 0 Å². The zero-order chi connectivity index (χ0) is 17.3. The van der Waals surface area contributed by atoms with Crippen molar-refractivity contribution in [3.05, 3.63) is 24.7 Å². The molecule has 0 saturated carbocycles. The fourth-order valence-electron chi connectivity index (χ4n) is 1.68. The molecule has 1 N–H and O–H groups in total. The van der Waals surface area contributed by atoms with Crippen LogP contribution < -0.4 is 5.32 Å². The number of aryl methyl sites for hydroxylation is 1. The number of hydrogen-bond acceptors (Lipinski definition) is 6. The molecular weight excluding hydrogens is 318 g/mol. The van der Waals surface area contributed by atoms with Crippen molar-refractivity contribution in [2.24, 2.45) is 7.05 Å². The molecule has 23 heavy (non-hydrogen) atoms. The third-order valence-corrected chi connectivity index (χ3v) is 5.67. The van der Waals surface area contributed by atoms with Gasteiger partial charge in [0, 0.05) is 25.0 Å². The van der Waals surface area contributed by atoms with E-state index < -0.39 is 26.2 Å². The molecule has 2 heterocycles. The Hall–Kier alpha value is -2.29. The Morgan fingerprint density at radius 1 is 1.35 bits per heavy atom. The lowest BCUT2D eigenvalue weighted by Crippen LogP contribution is -2.35. The maximum Gasteiger partial charge on any atom is 0.241 e. The summed E-state index contributed by atoms with van der Waals surface area (Å²) in [5.74, 6) is -1.22. The monoisotopic (exact) mass is 337 g/mol. The lowest BCUT2D eigenvalue weighted by Gasteiger charge is -2.18. The fraction of sp³-hybridized carbons (Fsp3) is 0.429. The Kier molecular flexibility index (Phi) is 4.51. The molecule has 0 aliphatic rings. The number of nitrogens with zero attached hydrogens (tertiary/aromatic N) is 4. The summed E-state index contributed by atoms with van der Waals surface area (Å²) in [6.45, 7) is 4.65. The number of nitrogens with one attached hydrogen (secondary N) is 1. The van der Waals surface area contributed by atoms with Gasteiger partial charge < -0.3 is 0 Å². The van der Waals surface area contributed by atoms with E-state index in [2.05, 4.69) is 20.4 Å². The minimum Gasteiger partial charge on any atom is -0.294 e. The number of hydrogen-bond donors (Lipinski definition) is 1. The van der Waals surface area contributed by atoms with Gasteiger partial charge in [-0.2, -0.15) is 5.10 Å². The number of amides is 1. The third kappa shape index (κ3) is 4.13. The van der Waals surface area contributed by atoms with Crippen molar-refractivity contribution in [2.75, 3.05) is 11.1 Å². The Bertz CT molecular complexity index is 821. The molecule has 8 nitrogen and oxygen atoms in total. The normalized spacial score (nSPS) is 12.2. The maximum atomic E-state index is 12.0. The molecule has 0 unspecified atom stereocenters. The van der Waals surface area contributed by atoms with Crippen molar-refractivity contribution in [1.82, 2.24) is 19.7 Å². The Labute approximate surface area is 134 Å². The second kappa shape index (κ2) is 6.07. The molecule has 0 aliphatic carbocycles. The predicted octanol–water partition coefficient (Wildman–Crippen LogP) is 1.03. The van der Waals surface area contributed by atoms with Gasteiger partial charge in [-0.15, -0.1) is 0 Å². The van der Waals surface area contributed by atoms with Crippen LogP contribution in [0.25, 0.3) is 11.3 Å². The SMILES string of the molecule is Cn1cc(-c2ccnc(NC(=O)CS(=O)(=O)C(C)(C)C)n2)cn1. The van der Waals surface area contributed by atoms with E-state index in [-0.39, 0.29) is 5.95 Å². The van der Waals surface area contributed by atoms with Crippen LogP contribution in [0, 0.1) is 0 Å². The van der Waals surface area contributed by atoms with Crippen LogP contribution in [0.3, 0.4) is 0 Å². The lowest BCUT2D eigenvalue weighted by atomic mass is 10.2. The van der Waals surface area contributed by atoms with Crippen LogP contribution in [0.1, 0.15) is 20.8 Å². The first-order chi connectivity index (χ1) is 10.6. The summed E-state index contributed by atoms with van der Waals surface area (Å²) in [4.78, 5) is 20.1. The lowest BCUT2D eigenvalue weighted by molar-refractivity contribution is -0.114. The number of carbonyl (C=O) groups excluding carboxylic acids is 1. The smallest absolute Gasteiger partial charge is 0.241 e. The highest BCUT2D eigenvalue weighted by atomic mass is 32.2. The molecule has 0 aromatic carbocycles. The molecule has 0 fully saturated rings. The topological polar surface area (TPSA) is 107 Å². The van der Waals surface area contributed by atoms with E-state index in [4.69, 9.17) is 0 Å². The zero-order valence-electron chi connectivity index (χ0n) is 13.4. The molecule has 0 saturated heterocycles. The Morgan fingerprint density at radius 2 is 2.04 bits per heavy atom. The molecular formula is C14H19N5O3S. The van der Waals surface area contributed by atoms with E-state index in [1.54, 1.807) is 51.0 Å². The van der Waals surface area contributed by atoms with Gasteiger partial charge in [-0.25, -0.2) is 18.4 Å². The molecule has 9 heteroatoms. The van der Waals surface area contributed by atoms with E-state index in [1.165, 1.54) is 6.20 Å². The molecule has 0 radical (unpaired) electrons. The highest BCUT2D eigenvalue weighted by Crippen LogP contribution is 2.18. The predicted molar refractivity (Wildman–Crippen MR) is 86.4 cm³/mol. The maximum absolute atomic E-state index is 12.0. The average Bonchev–Trinajstić information content (AvgIpc) is 2.83. The van der Waals surface area contributed by atoms with Crippen LogP contribution in [0.15, 0.2) is 24.7 Å². The van der Waals surface area contributed by atoms with Gasteiger partial charge in [0.25, 0.3) is 0 Å². The summed E-state index contributed by atoms with van der Waals surface area (Å²) in [7, 11) is -1.77. The summed E-state index contributed by atoms with van der Waals surface area (Å²) in [5, 5.41) is 6.47. The van der Waals surface area contributed by atoms with Crippen molar-refractivity contribution in [2.45, 2.75) is 25.5 Å². The van der Waals surface area contributed by atoms with Crippen LogP contribution >= 0.6 is 0 Å². The quantitative estimate of drug-likeness (QED) is 0.893. The first-order valence-corrected chi connectivity index (χ1v) is 8.58. The minimum atomic E-state index is -3.56. The van der Waals surface area contributed by atoms with Gasteiger partial charge in [0.2, 0.25) is 11.9 Å². The summed E-state index contributed by atoms with van der Waals surface area (Å²) in [5.41, 5.74) is 1.36. The molecule has 124 valence electrons. The summed E-state index contributed by atoms with van der Waals surface area (Å²) < 4.78 is 24.7.